The Bertz CT molecular complexity index is 644. The van der Waals surface area contributed by atoms with E-state index in [0.717, 1.165) is 0 Å². The molecule has 0 aliphatic heterocycles. The van der Waals surface area contributed by atoms with E-state index in [1.807, 2.05) is 13.8 Å². The number of carboxylic acids is 1. The summed E-state index contributed by atoms with van der Waals surface area (Å²) in [6, 6.07) is 4.49. The summed E-state index contributed by atoms with van der Waals surface area (Å²) >= 11 is 5.82. The van der Waals surface area contributed by atoms with Crippen LogP contribution in [-0.2, 0) is 0 Å². The molecular weight excluding hydrogens is 280 g/mol. The van der Waals surface area contributed by atoms with Crippen LogP contribution in [0.2, 0.25) is 5.02 Å². The first-order valence-corrected chi connectivity index (χ1v) is 6.37. The number of halogens is 1. The molecule has 0 bridgehead atoms. The zero-order chi connectivity index (χ0) is 14.7. The van der Waals surface area contributed by atoms with Crippen molar-refractivity contribution in [3.8, 4) is 11.6 Å². The normalized spacial score (nSPS) is 10.6. The molecule has 0 aliphatic rings. The lowest BCUT2D eigenvalue weighted by Gasteiger charge is -2.10. The summed E-state index contributed by atoms with van der Waals surface area (Å²) in [6.07, 6.45) is 2.96. The third-order valence-corrected chi connectivity index (χ3v) is 2.77. The summed E-state index contributed by atoms with van der Waals surface area (Å²) in [6.45, 7) is 3.86. The molecule has 1 N–H and O–H groups in total. The van der Waals surface area contributed by atoms with Gasteiger partial charge in [-0.05, 0) is 12.0 Å². The molecule has 0 saturated carbocycles. The number of hydrogen-bond acceptors (Lipinski definition) is 4. The Labute approximate surface area is 121 Å². The van der Waals surface area contributed by atoms with E-state index in [1.165, 1.54) is 24.5 Å². The van der Waals surface area contributed by atoms with Crippen molar-refractivity contribution in [1.82, 2.24) is 9.97 Å². The van der Waals surface area contributed by atoms with Crippen molar-refractivity contribution >= 4 is 17.6 Å². The predicted molar refractivity (Wildman–Crippen MR) is 74.6 cm³/mol. The first kappa shape index (κ1) is 14.3. The standard InChI is InChI=1S/C14H13ClN2O3/c1-8(2)12-3-9(14(18)19)4-13(17-12)20-11-5-10(15)6-16-7-11/h3-8H,1-2H3,(H,18,19). The van der Waals surface area contributed by atoms with Gasteiger partial charge in [-0.15, -0.1) is 0 Å². The second-order valence-corrected chi connectivity index (χ2v) is 4.96. The lowest BCUT2D eigenvalue weighted by Crippen LogP contribution is -2.03. The number of pyridine rings is 2. The lowest BCUT2D eigenvalue weighted by atomic mass is 10.1. The van der Waals surface area contributed by atoms with E-state index < -0.39 is 5.97 Å². The van der Waals surface area contributed by atoms with Crippen molar-refractivity contribution in [3.63, 3.8) is 0 Å². The quantitative estimate of drug-likeness (QED) is 0.929. The summed E-state index contributed by atoms with van der Waals surface area (Å²) in [4.78, 5) is 19.3. The van der Waals surface area contributed by atoms with Gasteiger partial charge in [-0.3, -0.25) is 4.98 Å². The molecule has 5 nitrogen and oxygen atoms in total. The molecule has 0 saturated heterocycles. The Balaban J connectivity index is 2.38. The van der Waals surface area contributed by atoms with E-state index in [-0.39, 0.29) is 17.4 Å². The van der Waals surface area contributed by atoms with Gasteiger partial charge in [-0.2, -0.15) is 0 Å². The summed E-state index contributed by atoms with van der Waals surface area (Å²) in [5, 5.41) is 9.54. The molecule has 2 aromatic rings. The van der Waals surface area contributed by atoms with Crippen LogP contribution < -0.4 is 4.74 Å². The Morgan fingerprint density at radius 2 is 2.05 bits per heavy atom. The first-order valence-electron chi connectivity index (χ1n) is 5.99. The van der Waals surface area contributed by atoms with Gasteiger partial charge >= 0.3 is 5.97 Å². The zero-order valence-corrected chi connectivity index (χ0v) is 11.8. The molecule has 20 heavy (non-hydrogen) atoms. The number of nitrogens with zero attached hydrogens (tertiary/aromatic N) is 2. The minimum absolute atomic E-state index is 0.0918. The molecule has 0 unspecified atom stereocenters. The maximum Gasteiger partial charge on any atom is 0.335 e. The average Bonchev–Trinajstić information content (AvgIpc) is 2.38. The number of carboxylic acid groups (broad SMARTS) is 1. The van der Waals surface area contributed by atoms with Gasteiger partial charge in [0, 0.05) is 24.0 Å². The second kappa shape index (κ2) is 5.88. The highest BCUT2D eigenvalue weighted by molar-refractivity contribution is 6.30. The predicted octanol–water partition coefficient (Wildman–Crippen LogP) is 3.74. The van der Waals surface area contributed by atoms with E-state index in [4.69, 9.17) is 21.4 Å². The highest BCUT2D eigenvalue weighted by Crippen LogP contribution is 2.25. The fourth-order valence-corrected chi connectivity index (χ4v) is 1.73. The molecule has 0 aliphatic carbocycles. The van der Waals surface area contributed by atoms with Crippen LogP contribution in [0.25, 0.3) is 0 Å². The van der Waals surface area contributed by atoms with E-state index >= 15 is 0 Å². The Hall–Kier alpha value is -2.14. The smallest absolute Gasteiger partial charge is 0.335 e. The Morgan fingerprint density at radius 1 is 1.30 bits per heavy atom. The van der Waals surface area contributed by atoms with Crippen LogP contribution in [0.1, 0.15) is 35.8 Å². The van der Waals surface area contributed by atoms with Crippen molar-refractivity contribution < 1.29 is 14.6 Å². The van der Waals surface area contributed by atoms with Gasteiger partial charge in [0.2, 0.25) is 5.88 Å². The fourth-order valence-electron chi connectivity index (χ4n) is 1.57. The van der Waals surface area contributed by atoms with Gasteiger partial charge in [0.25, 0.3) is 0 Å². The fraction of sp³-hybridized carbons (Fsp3) is 0.214. The summed E-state index contributed by atoms with van der Waals surface area (Å²) in [5.41, 5.74) is 0.781. The molecule has 6 heteroatoms. The molecule has 0 amide bonds. The van der Waals surface area contributed by atoms with Gasteiger partial charge in [0.1, 0.15) is 5.75 Å². The molecule has 0 fully saturated rings. The maximum atomic E-state index is 11.1. The minimum atomic E-state index is -1.02. The summed E-state index contributed by atoms with van der Waals surface area (Å²) < 4.78 is 5.52. The van der Waals surface area contributed by atoms with Crippen molar-refractivity contribution in [2.45, 2.75) is 19.8 Å². The van der Waals surface area contributed by atoms with Crippen LogP contribution in [0.4, 0.5) is 0 Å². The molecule has 0 aromatic carbocycles. The molecule has 2 rings (SSSR count). The maximum absolute atomic E-state index is 11.1. The molecule has 104 valence electrons. The van der Waals surface area contributed by atoms with E-state index in [0.29, 0.717) is 16.5 Å². The second-order valence-electron chi connectivity index (χ2n) is 4.52. The first-order chi connectivity index (χ1) is 9.45. The Kier molecular flexibility index (Phi) is 4.20. The van der Waals surface area contributed by atoms with E-state index in [2.05, 4.69) is 9.97 Å². The van der Waals surface area contributed by atoms with E-state index in [9.17, 15) is 4.79 Å². The van der Waals surface area contributed by atoms with Gasteiger partial charge < -0.3 is 9.84 Å². The third-order valence-electron chi connectivity index (χ3n) is 2.56. The number of ether oxygens (including phenoxy) is 1. The number of carbonyl (C=O) groups is 1. The van der Waals surface area contributed by atoms with E-state index in [1.54, 1.807) is 6.07 Å². The van der Waals surface area contributed by atoms with Gasteiger partial charge in [-0.25, -0.2) is 9.78 Å². The highest BCUT2D eigenvalue weighted by atomic mass is 35.5. The van der Waals surface area contributed by atoms with Crippen LogP contribution in [-0.4, -0.2) is 21.0 Å². The average molecular weight is 293 g/mol. The van der Waals surface area contributed by atoms with Crippen molar-refractivity contribution in [3.05, 3.63) is 46.9 Å². The van der Waals surface area contributed by atoms with Crippen molar-refractivity contribution in [2.24, 2.45) is 0 Å². The lowest BCUT2D eigenvalue weighted by molar-refractivity contribution is 0.0696. The van der Waals surface area contributed by atoms with Crippen LogP contribution in [0.3, 0.4) is 0 Å². The monoisotopic (exact) mass is 292 g/mol. The highest BCUT2D eigenvalue weighted by Gasteiger charge is 2.12. The van der Waals surface area contributed by atoms with Gasteiger partial charge in [-0.1, -0.05) is 25.4 Å². The minimum Gasteiger partial charge on any atom is -0.478 e. The van der Waals surface area contributed by atoms with Gasteiger partial charge in [0.15, 0.2) is 0 Å². The van der Waals surface area contributed by atoms with Gasteiger partial charge in [0.05, 0.1) is 16.8 Å². The SMILES string of the molecule is CC(C)c1cc(C(=O)O)cc(Oc2cncc(Cl)c2)n1. The van der Waals surface area contributed by atoms with Crippen LogP contribution in [0.15, 0.2) is 30.6 Å². The molecule has 0 spiro atoms. The Morgan fingerprint density at radius 3 is 2.65 bits per heavy atom. The summed E-state index contributed by atoms with van der Waals surface area (Å²) in [5.74, 6) is -0.322. The topological polar surface area (TPSA) is 72.3 Å². The van der Waals surface area contributed by atoms with Crippen molar-refractivity contribution in [1.29, 1.82) is 0 Å². The number of aromatic nitrogens is 2. The van der Waals surface area contributed by atoms with Crippen LogP contribution >= 0.6 is 11.6 Å². The molecule has 2 heterocycles. The van der Waals surface area contributed by atoms with Crippen LogP contribution in [0.5, 0.6) is 11.6 Å². The molecule has 0 atom stereocenters. The summed E-state index contributed by atoms with van der Waals surface area (Å²) in [7, 11) is 0. The number of aromatic carboxylic acids is 1. The largest absolute Gasteiger partial charge is 0.478 e. The number of rotatable bonds is 4. The van der Waals surface area contributed by atoms with Crippen molar-refractivity contribution in [2.75, 3.05) is 0 Å². The third kappa shape index (κ3) is 3.45. The molecule has 0 radical (unpaired) electrons. The zero-order valence-electron chi connectivity index (χ0n) is 11.0. The molecular formula is C14H13ClN2O3. The molecule has 2 aromatic heterocycles. The van der Waals surface area contributed by atoms with Crippen LogP contribution in [0, 0.1) is 0 Å². The number of hydrogen-bond donors (Lipinski definition) is 1.